The smallest absolute Gasteiger partial charge is 0.0993 e. The standard InChI is InChI=1S/C9H17NO4/c1-2-3-5-8(13)9(14)7(10-5)6(12)4-11/h2,5-14H,1,3-4H2/t5-,6+,7+,8-,9-/m1/s1. The van der Waals surface area contributed by atoms with E-state index < -0.39 is 31.0 Å². The third kappa shape index (κ3) is 2.13. The van der Waals surface area contributed by atoms with Gasteiger partial charge in [-0.1, -0.05) is 6.08 Å². The summed E-state index contributed by atoms with van der Waals surface area (Å²) >= 11 is 0. The predicted molar refractivity (Wildman–Crippen MR) is 50.6 cm³/mol. The lowest BCUT2D eigenvalue weighted by Crippen LogP contribution is -2.45. The van der Waals surface area contributed by atoms with Gasteiger partial charge in [0, 0.05) is 6.04 Å². The molecule has 0 unspecified atom stereocenters. The van der Waals surface area contributed by atoms with Crippen LogP contribution in [0, 0.1) is 0 Å². The van der Waals surface area contributed by atoms with Crippen molar-refractivity contribution in [3.05, 3.63) is 12.7 Å². The lowest BCUT2D eigenvalue weighted by atomic mass is 10.0. The Kier molecular flexibility index (Phi) is 4.03. The van der Waals surface area contributed by atoms with Crippen molar-refractivity contribution in [1.29, 1.82) is 0 Å². The van der Waals surface area contributed by atoms with Gasteiger partial charge in [0.15, 0.2) is 0 Å². The van der Waals surface area contributed by atoms with Gasteiger partial charge in [0.05, 0.1) is 31.0 Å². The molecule has 0 saturated carbocycles. The maximum Gasteiger partial charge on any atom is 0.0993 e. The molecule has 0 aromatic carbocycles. The van der Waals surface area contributed by atoms with Gasteiger partial charge < -0.3 is 25.7 Å². The molecule has 0 radical (unpaired) electrons. The molecule has 0 bridgehead atoms. The summed E-state index contributed by atoms with van der Waals surface area (Å²) in [5, 5.41) is 40.0. The number of hydrogen-bond donors (Lipinski definition) is 5. The number of aliphatic hydroxyl groups is 4. The van der Waals surface area contributed by atoms with Crippen LogP contribution >= 0.6 is 0 Å². The Balaban J connectivity index is 2.61. The summed E-state index contributed by atoms with van der Waals surface area (Å²) in [4.78, 5) is 0. The Morgan fingerprint density at radius 3 is 2.50 bits per heavy atom. The molecule has 82 valence electrons. The van der Waals surface area contributed by atoms with Gasteiger partial charge in [-0.15, -0.1) is 6.58 Å². The van der Waals surface area contributed by atoms with Crippen molar-refractivity contribution in [2.24, 2.45) is 0 Å². The zero-order valence-electron chi connectivity index (χ0n) is 7.87. The van der Waals surface area contributed by atoms with Crippen LogP contribution in [0.2, 0.25) is 0 Å². The van der Waals surface area contributed by atoms with Gasteiger partial charge in [0.2, 0.25) is 0 Å². The molecule has 1 heterocycles. The fourth-order valence-corrected chi connectivity index (χ4v) is 1.73. The fourth-order valence-electron chi connectivity index (χ4n) is 1.73. The van der Waals surface area contributed by atoms with Gasteiger partial charge in [0.1, 0.15) is 0 Å². The van der Waals surface area contributed by atoms with E-state index in [0.717, 1.165) is 0 Å². The van der Waals surface area contributed by atoms with E-state index in [-0.39, 0.29) is 6.04 Å². The lowest BCUT2D eigenvalue weighted by molar-refractivity contribution is -0.0128. The molecule has 5 N–H and O–H groups in total. The molecule has 5 atom stereocenters. The molecule has 5 heteroatoms. The highest BCUT2D eigenvalue weighted by atomic mass is 16.3. The van der Waals surface area contributed by atoms with Gasteiger partial charge >= 0.3 is 0 Å². The average Bonchev–Trinajstić information content (AvgIpc) is 2.46. The fraction of sp³-hybridized carbons (Fsp3) is 0.778. The van der Waals surface area contributed by atoms with E-state index in [0.29, 0.717) is 6.42 Å². The Labute approximate surface area is 82.7 Å². The quantitative estimate of drug-likeness (QED) is 0.340. The molecule has 1 aliphatic heterocycles. The lowest BCUT2D eigenvalue weighted by Gasteiger charge is -2.19. The Morgan fingerprint density at radius 2 is 2.00 bits per heavy atom. The van der Waals surface area contributed by atoms with E-state index in [1.54, 1.807) is 6.08 Å². The van der Waals surface area contributed by atoms with E-state index in [2.05, 4.69) is 11.9 Å². The number of aliphatic hydroxyl groups excluding tert-OH is 4. The first-order valence-electron chi connectivity index (χ1n) is 4.63. The van der Waals surface area contributed by atoms with Gasteiger partial charge in [0.25, 0.3) is 0 Å². The summed E-state index contributed by atoms with van der Waals surface area (Å²) in [7, 11) is 0. The molecule has 0 aliphatic carbocycles. The molecule has 0 aromatic heterocycles. The number of rotatable bonds is 4. The van der Waals surface area contributed by atoms with Crippen LogP contribution < -0.4 is 5.32 Å². The highest BCUT2D eigenvalue weighted by Gasteiger charge is 2.43. The first-order chi connectivity index (χ1) is 6.61. The largest absolute Gasteiger partial charge is 0.394 e. The predicted octanol–water partition coefficient (Wildman–Crippen LogP) is -2.02. The Hall–Kier alpha value is -0.460. The third-order valence-corrected chi connectivity index (χ3v) is 2.56. The monoisotopic (exact) mass is 203 g/mol. The van der Waals surface area contributed by atoms with E-state index >= 15 is 0 Å². The second-order valence-electron chi connectivity index (χ2n) is 3.55. The molecule has 1 rings (SSSR count). The van der Waals surface area contributed by atoms with Gasteiger partial charge in [-0.05, 0) is 6.42 Å². The number of hydrogen-bond acceptors (Lipinski definition) is 5. The molecule has 0 amide bonds. The second kappa shape index (κ2) is 4.86. The third-order valence-electron chi connectivity index (χ3n) is 2.56. The minimum absolute atomic E-state index is 0.311. The molecule has 5 nitrogen and oxygen atoms in total. The first-order valence-corrected chi connectivity index (χ1v) is 4.63. The first kappa shape index (κ1) is 11.6. The second-order valence-corrected chi connectivity index (χ2v) is 3.55. The molecule has 1 aliphatic rings. The van der Waals surface area contributed by atoms with Crippen LogP contribution in [-0.2, 0) is 0 Å². The topological polar surface area (TPSA) is 93.0 Å². The molecule has 14 heavy (non-hydrogen) atoms. The van der Waals surface area contributed by atoms with Gasteiger partial charge in [-0.3, -0.25) is 0 Å². The average molecular weight is 203 g/mol. The van der Waals surface area contributed by atoms with Crippen molar-refractivity contribution in [3.8, 4) is 0 Å². The highest BCUT2D eigenvalue weighted by Crippen LogP contribution is 2.19. The summed E-state index contributed by atoms with van der Waals surface area (Å²) < 4.78 is 0. The van der Waals surface area contributed by atoms with Gasteiger partial charge in [-0.2, -0.15) is 0 Å². The minimum Gasteiger partial charge on any atom is -0.394 e. The molecule has 1 fully saturated rings. The van der Waals surface area contributed by atoms with E-state index in [9.17, 15) is 15.3 Å². The molecule has 0 aromatic rings. The van der Waals surface area contributed by atoms with E-state index in [4.69, 9.17) is 5.11 Å². The van der Waals surface area contributed by atoms with Crippen LogP contribution in [0.4, 0.5) is 0 Å². The van der Waals surface area contributed by atoms with Crippen molar-refractivity contribution < 1.29 is 20.4 Å². The summed E-state index contributed by atoms with van der Waals surface area (Å²) in [6.07, 6.45) is -0.912. The van der Waals surface area contributed by atoms with Crippen molar-refractivity contribution in [2.45, 2.75) is 36.8 Å². The number of nitrogens with one attached hydrogen (secondary N) is 1. The summed E-state index contributed by atoms with van der Waals surface area (Å²) in [6, 6.07) is -0.992. The molecule has 0 spiro atoms. The van der Waals surface area contributed by atoms with Crippen molar-refractivity contribution in [2.75, 3.05) is 6.61 Å². The summed E-state index contributed by atoms with van der Waals surface area (Å²) in [6.45, 7) is 3.09. The van der Waals surface area contributed by atoms with Crippen LogP contribution in [0.5, 0.6) is 0 Å². The molecule has 1 saturated heterocycles. The van der Waals surface area contributed by atoms with Crippen LogP contribution in [0.1, 0.15) is 6.42 Å². The summed E-state index contributed by atoms with van der Waals surface area (Å²) in [5.74, 6) is 0. The maximum absolute atomic E-state index is 9.55. The zero-order valence-corrected chi connectivity index (χ0v) is 7.87. The molecular formula is C9H17NO4. The van der Waals surface area contributed by atoms with Gasteiger partial charge in [-0.25, -0.2) is 0 Å². The Morgan fingerprint density at radius 1 is 1.36 bits per heavy atom. The summed E-state index contributed by atoms with van der Waals surface area (Å²) in [5.41, 5.74) is 0. The van der Waals surface area contributed by atoms with Crippen molar-refractivity contribution >= 4 is 0 Å². The SMILES string of the molecule is C=CC[C@H]1N[C@@H]([C@@H](O)CO)[C@@H](O)[C@@H]1O. The Bertz CT molecular complexity index is 199. The van der Waals surface area contributed by atoms with Crippen molar-refractivity contribution in [1.82, 2.24) is 5.32 Å². The minimum atomic E-state index is -1.06. The van der Waals surface area contributed by atoms with E-state index in [1.165, 1.54) is 0 Å². The van der Waals surface area contributed by atoms with Crippen LogP contribution in [0.15, 0.2) is 12.7 Å². The molecular weight excluding hydrogens is 186 g/mol. The maximum atomic E-state index is 9.55. The zero-order chi connectivity index (χ0) is 10.7. The van der Waals surface area contributed by atoms with Crippen LogP contribution in [-0.4, -0.2) is 57.4 Å². The van der Waals surface area contributed by atoms with Crippen LogP contribution in [0.3, 0.4) is 0 Å². The highest BCUT2D eigenvalue weighted by molar-refractivity contribution is 5.02. The van der Waals surface area contributed by atoms with Crippen molar-refractivity contribution in [3.63, 3.8) is 0 Å². The van der Waals surface area contributed by atoms with E-state index in [1.807, 2.05) is 0 Å². The van der Waals surface area contributed by atoms with Crippen LogP contribution in [0.25, 0.3) is 0 Å². The normalized spacial score (nSPS) is 39.7.